The fourth-order valence-electron chi connectivity index (χ4n) is 2.47. The summed E-state index contributed by atoms with van der Waals surface area (Å²) in [6.07, 6.45) is 1.20. The first-order chi connectivity index (χ1) is 10.2. The quantitative estimate of drug-likeness (QED) is 0.865. The van der Waals surface area contributed by atoms with E-state index in [1.807, 2.05) is 53.4 Å². The molecular weight excluding hydrogens is 286 g/mol. The molecule has 0 aliphatic carbocycles. The summed E-state index contributed by atoms with van der Waals surface area (Å²) in [4.78, 5) is 14.3. The lowest BCUT2D eigenvalue weighted by Gasteiger charge is -2.29. The van der Waals surface area contributed by atoms with E-state index in [2.05, 4.69) is 0 Å². The van der Waals surface area contributed by atoms with Gasteiger partial charge < -0.3 is 9.64 Å². The number of anilines is 1. The van der Waals surface area contributed by atoms with Crippen molar-refractivity contribution in [3.8, 4) is 5.75 Å². The average molecular weight is 302 g/mol. The number of nitrogens with zero attached hydrogens (tertiary/aromatic N) is 1. The van der Waals surface area contributed by atoms with Gasteiger partial charge in [0.15, 0.2) is 0 Å². The van der Waals surface area contributed by atoms with E-state index >= 15 is 0 Å². The number of amides is 1. The second kappa shape index (κ2) is 6.19. The number of benzene rings is 2. The zero-order valence-corrected chi connectivity index (χ0v) is 12.3. The minimum absolute atomic E-state index is 0.126. The molecule has 3 rings (SSSR count). The van der Waals surface area contributed by atoms with Crippen LogP contribution in [0.25, 0.3) is 0 Å². The maximum atomic E-state index is 12.4. The monoisotopic (exact) mass is 301 g/mol. The lowest BCUT2D eigenvalue weighted by Crippen LogP contribution is -2.38. The summed E-state index contributed by atoms with van der Waals surface area (Å²) >= 11 is 5.86. The second-order valence-corrected chi connectivity index (χ2v) is 5.42. The molecule has 0 spiro atoms. The van der Waals surface area contributed by atoms with Gasteiger partial charge in [-0.3, -0.25) is 4.79 Å². The summed E-state index contributed by atoms with van der Waals surface area (Å²) in [5, 5.41) is 0.715. The van der Waals surface area contributed by atoms with Crippen molar-refractivity contribution in [3.63, 3.8) is 0 Å². The molecule has 0 saturated heterocycles. The third-order valence-corrected chi connectivity index (χ3v) is 3.82. The second-order valence-electron chi connectivity index (χ2n) is 4.99. The Balaban J connectivity index is 1.68. The number of rotatable bonds is 3. The lowest BCUT2D eigenvalue weighted by molar-refractivity contribution is -0.118. The van der Waals surface area contributed by atoms with Gasteiger partial charge in [0, 0.05) is 11.4 Å². The van der Waals surface area contributed by atoms with Crippen molar-refractivity contribution in [1.29, 1.82) is 0 Å². The summed E-state index contributed by atoms with van der Waals surface area (Å²) < 4.78 is 5.57. The molecule has 2 aromatic rings. The topological polar surface area (TPSA) is 29.5 Å². The highest BCUT2D eigenvalue weighted by atomic mass is 35.5. The Labute approximate surface area is 129 Å². The van der Waals surface area contributed by atoms with E-state index in [0.29, 0.717) is 24.6 Å². The first-order valence-corrected chi connectivity index (χ1v) is 7.38. The van der Waals surface area contributed by atoms with E-state index in [0.717, 1.165) is 23.4 Å². The van der Waals surface area contributed by atoms with Crippen molar-refractivity contribution in [2.45, 2.75) is 12.8 Å². The van der Waals surface area contributed by atoms with E-state index in [-0.39, 0.29) is 5.91 Å². The number of ether oxygens (including phenoxy) is 1. The van der Waals surface area contributed by atoms with Crippen LogP contribution in [-0.2, 0) is 11.2 Å². The van der Waals surface area contributed by atoms with E-state index in [1.54, 1.807) is 0 Å². The Morgan fingerprint density at radius 2 is 1.90 bits per heavy atom. The molecule has 21 heavy (non-hydrogen) atoms. The van der Waals surface area contributed by atoms with Crippen molar-refractivity contribution in [3.05, 3.63) is 59.1 Å². The van der Waals surface area contributed by atoms with Gasteiger partial charge >= 0.3 is 0 Å². The third-order valence-electron chi connectivity index (χ3n) is 3.57. The molecule has 1 aliphatic heterocycles. The van der Waals surface area contributed by atoms with Crippen LogP contribution in [0, 0.1) is 0 Å². The highest BCUT2D eigenvalue weighted by Crippen LogP contribution is 2.31. The van der Waals surface area contributed by atoms with E-state index in [1.165, 1.54) is 0 Å². The minimum atomic E-state index is 0.126. The summed E-state index contributed by atoms with van der Waals surface area (Å²) in [7, 11) is 0. The number of carbonyl (C=O) groups excluding carboxylic acids is 1. The van der Waals surface area contributed by atoms with Crippen molar-refractivity contribution in [2.24, 2.45) is 0 Å². The predicted molar refractivity (Wildman–Crippen MR) is 84.1 cm³/mol. The smallest absolute Gasteiger partial charge is 0.227 e. The summed E-state index contributed by atoms with van der Waals surface area (Å²) in [5.41, 5.74) is 1.99. The Kier molecular flexibility index (Phi) is 4.11. The van der Waals surface area contributed by atoms with Gasteiger partial charge in [-0.05, 0) is 36.2 Å². The van der Waals surface area contributed by atoms with Crippen LogP contribution in [0.4, 0.5) is 5.69 Å². The molecule has 0 radical (unpaired) electrons. The van der Waals surface area contributed by atoms with Crippen molar-refractivity contribution in [2.75, 3.05) is 18.1 Å². The highest BCUT2D eigenvalue weighted by molar-refractivity contribution is 6.30. The Morgan fingerprint density at radius 3 is 2.71 bits per heavy atom. The number of aryl methyl sites for hydroxylation is 1. The molecule has 1 heterocycles. The SMILES string of the molecule is O=C(CCc1ccc(Cl)cc1)N1CCOc2ccccc21. The molecule has 0 unspecified atom stereocenters. The molecule has 0 bridgehead atoms. The van der Waals surface area contributed by atoms with Crippen LogP contribution in [-0.4, -0.2) is 19.1 Å². The third kappa shape index (κ3) is 3.19. The number of halogens is 1. The molecule has 0 atom stereocenters. The summed E-state index contributed by atoms with van der Waals surface area (Å²) in [6, 6.07) is 15.3. The highest BCUT2D eigenvalue weighted by Gasteiger charge is 2.22. The molecule has 0 aromatic heterocycles. The molecule has 2 aromatic carbocycles. The Hall–Kier alpha value is -2.00. The summed E-state index contributed by atoms with van der Waals surface area (Å²) in [5.74, 6) is 0.907. The average Bonchev–Trinajstić information content (AvgIpc) is 2.53. The first-order valence-electron chi connectivity index (χ1n) is 7.01. The maximum Gasteiger partial charge on any atom is 0.227 e. The number of carbonyl (C=O) groups is 1. The largest absolute Gasteiger partial charge is 0.490 e. The van der Waals surface area contributed by atoms with Crippen molar-refractivity contribution >= 4 is 23.2 Å². The van der Waals surface area contributed by atoms with Crippen LogP contribution >= 0.6 is 11.6 Å². The van der Waals surface area contributed by atoms with Gasteiger partial charge in [0.1, 0.15) is 12.4 Å². The molecule has 3 nitrogen and oxygen atoms in total. The van der Waals surface area contributed by atoms with Crippen LogP contribution < -0.4 is 9.64 Å². The molecule has 108 valence electrons. The van der Waals surface area contributed by atoms with Crippen LogP contribution in [0.1, 0.15) is 12.0 Å². The summed E-state index contributed by atoms with van der Waals surface area (Å²) in [6.45, 7) is 1.15. The van der Waals surface area contributed by atoms with Crippen LogP contribution in [0.2, 0.25) is 5.02 Å². The van der Waals surface area contributed by atoms with Crippen LogP contribution in [0.15, 0.2) is 48.5 Å². The van der Waals surface area contributed by atoms with Crippen LogP contribution in [0.3, 0.4) is 0 Å². The minimum Gasteiger partial charge on any atom is -0.490 e. The zero-order chi connectivity index (χ0) is 14.7. The molecule has 1 amide bonds. The first kappa shape index (κ1) is 14.0. The van der Waals surface area contributed by atoms with Gasteiger partial charge in [0.25, 0.3) is 0 Å². The fraction of sp³-hybridized carbons (Fsp3) is 0.235. The van der Waals surface area contributed by atoms with Gasteiger partial charge in [-0.2, -0.15) is 0 Å². The zero-order valence-electron chi connectivity index (χ0n) is 11.6. The molecule has 0 fully saturated rings. The van der Waals surface area contributed by atoms with E-state index in [9.17, 15) is 4.79 Å². The van der Waals surface area contributed by atoms with E-state index < -0.39 is 0 Å². The van der Waals surface area contributed by atoms with Gasteiger partial charge in [-0.25, -0.2) is 0 Å². The number of hydrogen-bond donors (Lipinski definition) is 0. The van der Waals surface area contributed by atoms with Gasteiger partial charge in [-0.1, -0.05) is 35.9 Å². The van der Waals surface area contributed by atoms with Crippen molar-refractivity contribution in [1.82, 2.24) is 0 Å². The normalized spacial score (nSPS) is 13.5. The van der Waals surface area contributed by atoms with E-state index in [4.69, 9.17) is 16.3 Å². The molecule has 4 heteroatoms. The fourth-order valence-corrected chi connectivity index (χ4v) is 2.59. The molecule has 0 saturated carbocycles. The molecule has 0 N–H and O–H groups in total. The maximum absolute atomic E-state index is 12.4. The van der Waals surface area contributed by atoms with Gasteiger partial charge in [0.2, 0.25) is 5.91 Å². The molecular formula is C17H16ClNO2. The predicted octanol–water partition coefficient (Wildman–Crippen LogP) is 3.70. The van der Waals surface area contributed by atoms with Crippen molar-refractivity contribution < 1.29 is 9.53 Å². The standard InChI is InChI=1S/C17H16ClNO2/c18-14-8-5-13(6-9-14)7-10-17(20)19-11-12-21-16-4-2-1-3-15(16)19/h1-6,8-9H,7,10-12H2. The van der Waals surface area contributed by atoms with Gasteiger partial charge in [-0.15, -0.1) is 0 Å². The van der Waals surface area contributed by atoms with Crippen LogP contribution in [0.5, 0.6) is 5.75 Å². The van der Waals surface area contributed by atoms with Gasteiger partial charge in [0.05, 0.1) is 12.2 Å². The molecule has 1 aliphatic rings. The number of para-hydroxylation sites is 2. The lowest BCUT2D eigenvalue weighted by atomic mass is 10.1. The number of hydrogen-bond acceptors (Lipinski definition) is 2. The Bertz CT molecular complexity index is 639. The number of fused-ring (bicyclic) bond motifs is 1. The Morgan fingerprint density at radius 1 is 1.14 bits per heavy atom.